The van der Waals surface area contributed by atoms with E-state index in [0.29, 0.717) is 0 Å². The molecule has 0 aromatic heterocycles. The third-order valence-electron chi connectivity index (χ3n) is 4.54. The van der Waals surface area contributed by atoms with E-state index < -0.39 is 0 Å². The molecule has 1 heterocycles. The van der Waals surface area contributed by atoms with E-state index in [2.05, 4.69) is 41.4 Å². The minimum Gasteiger partial charge on any atom is -0.312 e. The number of benzene rings is 1. The van der Waals surface area contributed by atoms with Crippen LogP contribution in [0.2, 0.25) is 0 Å². The molecule has 1 N–H and O–H groups in total. The molecular formula is C17H26N2. The number of likely N-dealkylation sites (tertiary alicyclic amines) is 1. The number of rotatable bonds is 6. The Hall–Kier alpha value is -0.860. The minimum atomic E-state index is 0.756. The predicted octanol–water partition coefficient (Wildman–Crippen LogP) is 2.97. The standard InChI is InChI=1S/C17H26N2/c1-2-14-5-7-15(8-6-14)13-19-11-3-4-17(19)12-18-16-9-10-16/h5-8,16-18H,2-4,9-13H2,1H3. The Morgan fingerprint density at radius 1 is 1.11 bits per heavy atom. The first kappa shape index (κ1) is 13.1. The van der Waals surface area contributed by atoms with Crippen LogP contribution in [0, 0.1) is 0 Å². The summed E-state index contributed by atoms with van der Waals surface area (Å²) in [6.45, 7) is 5.81. The van der Waals surface area contributed by atoms with Crippen molar-refractivity contribution in [3.8, 4) is 0 Å². The lowest BCUT2D eigenvalue weighted by Crippen LogP contribution is -2.38. The lowest BCUT2D eigenvalue weighted by molar-refractivity contribution is 0.239. The van der Waals surface area contributed by atoms with E-state index in [1.165, 1.54) is 49.9 Å². The summed E-state index contributed by atoms with van der Waals surface area (Å²) < 4.78 is 0. The molecule has 1 saturated heterocycles. The van der Waals surface area contributed by atoms with Crippen LogP contribution in [0.15, 0.2) is 24.3 Å². The van der Waals surface area contributed by atoms with Crippen molar-refractivity contribution in [1.82, 2.24) is 10.2 Å². The lowest BCUT2D eigenvalue weighted by atomic mass is 10.1. The minimum absolute atomic E-state index is 0.756. The Kier molecular flexibility index (Phi) is 4.19. The molecule has 3 rings (SSSR count). The number of hydrogen-bond acceptors (Lipinski definition) is 2. The summed E-state index contributed by atoms with van der Waals surface area (Å²) in [4.78, 5) is 2.66. The second-order valence-electron chi connectivity index (χ2n) is 6.12. The van der Waals surface area contributed by atoms with E-state index in [1.807, 2.05) is 0 Å². The first-order chi connectivity index (χ1) is 9.35. The molecule has 0 spiro atoms. The van der Waals surface area contributed by atoms with Crippen molar-refractivity contribution >= 4 is 0 Å². The molecule has 0 bridgehead atoms. The molecule has 1 unspecified atom stereocenters. The van der Waals surface area contributed by atoms with Gasteiger partial charge in [0.2, 0.25) is 0 Å². The molecular weight excluding hydrogens is 232 g/mol. The van der Waals surface area contributed by atoms with Gasteiger partial charge in [0.1, 0.15) is 0 Å². The zero-order valence-corrected chi connectivity index (χ0v) is 12.1. The summed E-state index contributed by atoms with van der Waals surface area (Å²) >= 11 is 0. The van der Waals surface area contributed by atoms with Gasteiger partial charge in [0.25, 0.3) is 0 Å². The van der Waals surface area contributed by atoms with Crippen molar-refractivity contribution in [2.75, 3.05) is 13.1 Å². The average molecular weight is 258 g/mol. The highest BCUT2D eigenvalue weighted by Crippen LogP contribution is 2.23. The molecule has 1 aromatic rings. The summed E-state index contributed by atoms with van der Waals surface area (Å²) in [6.07, 6.45) is 6.66. The molecule has 19 heavy (non-hydrogen) atoms. The molecule has 0 radical (unpaired) electrons. The largest absolute Gasteiger partial charge is 0.312 e. The van der Waals surface area contributed by atoms with E-state index in [0.717, 1.165) is 25.0 Å². The summed E-state index contributed by atoms with van der Waals surface area (Å²) in [5.41, 5.74) is 2.91. The number of nitrogens with zero attached hydrogens (tertiary/aromatic N) is 1. The van der Waals surface area contributed by atoms with Crippen molar-refractivity contribution in [3.63, 3.8) is 0 Å². The summed E-state index contributed by atoms with van der Waals surface area (Å²) in [7, 11) is 0. The van der Waals surface area contributed by atoms with Crippen LogP contribution in [-0.2, 0) is 13.0 Å². The van der Waals surface area contributed by atoms with Crippen LogP contribution < -0.4 is 5.32 Å². The highest BCUT2D eigenvalue weighted by Gasteiger charge is 2.27. The predicted molar refractivity (Wildman–Crippen MR) is 80.3 cm³/mol. The van der Waals surface area contributed by atoms with Crippen LogP contribution in [0.5, 0.6) is 0 Å². The molecule has 104 valence electrons. The van der Waals surface area contributed by atoms with Gasteiger partial charge in [0, 0.05) is 25.2 Å². The summed E-state index contributed by atoms with van der Waals surface area (Å²) in [5.74, 6) is 0. The Balaban J connectivity index is 1.54. The van der Waals surface area contributed by atoms with Crippen molar-refractivity contribution < 1.29 is 0 Å². The summed E-state index contributed by atoms with van der Waals surface area (Å²) in [5, 5.41) is 3.69. The van der Waals surface area contributed by atoms with E-state index in [-0.39, 0.29) is 0 Å². The van der Waals surface area contributed by atoms with Gasteiger partial charge in [-0.3, -0.25) is 4.90 Å². The van der Waals surface area contributed by atoms with Gasteiger partial charge in [-0.05, 0) is 49.8 Å². The highest BCUT2D eigenvalue weighted by molar-refractivity contribution is 5.22. The van der Waals surface area contributed by atoms with Crippen LogP contribution in [-0.4, -0.2) is 30.1 Å². The Morgan fingerprint density at radius 2 is 1.84 bits per heavy atom. The van der Waals surface area contributed by atoms with Gasteiger partial charge >= 0.3 is 0 Å². The third kappa shape index (κ3) is 3.58. The quantitative estimate of drug-likeness (QED) is 0.844. The molecule has 2 aliphatic rings. The van der Waals surface area contributed by atoms with Crippen LogP contribution in [0.3, 0.4) is 0 Å². The number of nitrogens with one attached hydrogen (secondary N) is 1. The Bertz CT molecular complexity index is 394. The number of hydrogen-bond donors (Lipinski definition) is 1. The van der Waals surface area contributed by atoms with Crippen LogP contribution in [0.1, 0.15) is 43.7 Å². The van der Waals surface area contributed by atoms with Gasteiger partial charge < -0.3 is 5.32 Å². The van der Waals surface area contributed by atoms with E-state index in [9.17, 15) is 0 Å². The van der Waals surface area contributed by atoms with Gasteiger partial charge in [-0.15, -0.1) is 0 Å². The molecule has 1 aromatic carbocycles. The van der Waals surface area contributed by atoms with E-state index in [4.69, 9.17) is 0 Å². The zero-order chi connectivity index (χ0) is 13.1. The highest BCUT2D eigenvalue weighted by atomic mass is 15.2. The number of aryl methyl sites for hydroxylation is 1. The SMILES string of the molecule is CCc1ccc(CN2CCCC2CNC2CC2)cc1. The van der Waals surface area contributed by atoms with Crippen LogP contribution in [0.25, 0.3) is 0 Å². The molecule has 2 nitrogen and oxygen atoms in total. The second-order valence-corrected chi connectivity index (χ2v) is 6.12. The van der Waals surface area contributed by atoms with Gasteiger partial charge in [0.05, 0.1) is 0 Å². The van der Waals surface area contributed by atoms with Gasteiger partial charge in [-0.2, -0.15) is 0 Å². The molecule has 0 amide bonds. The maximum atomic E-state index is 3.69. The summed E-state index contributed by atoms with van der Waals surface area (Å²) in [6, 6.07) is 10.8. The Morgan fingerprint density at radius 3 is 2.53 bits per heavy atom. The maximum absolute atomic E-state index is 3.69. The lowest BCUT2D eigenvalue weighted by Gasteiger charge is -2.25. The van der Waals surface area contributed by atoms with Crippen molar-refractivity contribution in [2.24, 2.45) is 0 Å². The monoisotopic (exact) mass is 258 g/mol. The fourth-order valence-electron chi connectivity index (χ4n) is 3.04. The van der Waals surface area contributed by atoms with E-state index >= 15 is 0 Å². The van der Waals surface area contributed by atoms with E-state index in [1.54, 1.807) is 0 Å². The third-order valence-corrected chi connectivity index (χ3v) is 4.54. The maximum Gasteiger partial charge on any atom is 0.0237 e. The van der Waals surface area contributed by atoms with Crippen molar-refractivity contribution in [1.29, 1.82) is 0 Å². The normalized spacial score (nSPS) is 23.9. The molecule has 1 saturated carbocycles. The Labute approximate surface area is 117 Å². The van der Waals surface area contributed by atoms with Gasteiger partial charge in [-0.25, -0.2) is 0 Å². The zero-order valence-electron chi connectivity index (χ0n) is 12.1. The van der Waals surface area contributed by atoms with Crippen LogP contribution in [0.4, 0.5) is 0 Å². The fraction of sp³-hybridized carbons (Fsp3) is 0.647. The van der Waals surface area contributed by atoms with Crippen molar-refractivity contribution in [3.05, 3.63) is 35.4 Å². The fourth-order valence-corrected chi connectivity index (χ4v) is 3.04. The smallest absolute Gasteiger partial charge is 0.0237 e. The first-order valence-corrected chi connectivity index (χ1v) is 7.90. The second kappa shape index (κ2) is 6.06. The van der Waals surface area contributed by atoms with Gasteiger partial charge in [-0.1, -0.05) is 31.2 Å². The van der Waals surface area contributed by atoms with Crippen molar-refractivity contribution in [2.45, 2.75) is 57.7 Å². The molecule has 1 aliphatic carbocycles. The molecule has 1 aliphatic heterocycles. The molecule has 2 heteroatoms. The average Bonchev–Trinajstić information content (AvgIpc) is 3.18. The molecule has 1 atom stereocenters. The van der Waals surface area contributed by atoms with Crippen LogP contribution >= 0.6 is 0 Å². The molecule has 2 fully saturated rings. The van der Waals surface area contributed by atoms with Gasteiger partial charge in [0.15, 0.2) is 0 Å². The topological polar surface area (TPSA) is 15.3 Å². The first-order valence-electron chi connectivity index (χ1n) is 7.90.